The quantitative estimate of drug-likeness (QED) is 0.173. The third kappa shape index (κ3) is 8.72. The van der Waals surface area contributed by atoms with Gasteiger partial charge in [0.1, 0.15) is 12.6 Å². The van der Waals surface area contributed by atoms with E-state index < -0.39 is 28.5 Å². The van der Waals surface area contributed by atoms with Crippen LogP contribution in [0.5, 0.6) is 0 Å². The van der Waals surface area contributed by atoms with Crippen LogP contribution in [-0.4, -0.2) is 43.8 Å². The van der Waals surface area contributed by atoms with Crippen molar-refractivity contribution in [2.24, 2.45) is 0 Å². The number of nitrogens with one attached hydrogen (secondary N) is 1. The molecule has 4 aromatic carbocycles. The van der Waals surface area contributed by atoms with Gasteiger partial charge in [-0.3, -0.25) is 13.9 Å². The number of carbonyl (C=O) groups excluding carboxylic acids is 2. The van der Waals surface area contributed by atoms with Crippen LogP contribution < -0.4 is 9.62 Å². The first kappa shape index (κ1) is 34.9. The maximum Gasteiger partial charge on any atom is 0.264 e. The molecule has 0 heterocycles. The zero-order valence-corrected chi connectivity index (χ0v) is 29.3. The molecule has 1 N–H and O–H groups in total. The van der Waals surface area contributed by atoms with Gasteiger partial charge in [0.15, 0.2) is 0 Å². The van der Waals surface area contributed by atoms with Crippen LogP contribution in [0.25, 0.3) is 0 Å². The van der Waals surface area contributed by atoms with Crippen molar-refractivity contribution in [3.8, 4) is 0 Å². The van der Waals surface area contributed by atoms with Crippen LogP contribution in [0.15, 0.2) is 102 Å². The number of hydrogen-bond acceptors (Lipinski definition) is 4. The molecule has 8 heteroatoms. The van der Waals surface area contributed by atoms with E-state index in [1.807, 2.05) is 94.4 Å². The predicted octanol–water partition coefficient (Wildman–Crippen LogP) is 7.20. The second-order valence-corrected chi connectivity index (χ2v) is 15.0. The van der Waals surface area contributed by atoms with Crippen molar-refractivity contribution >= 4 is 27.5 Å². The minimum atomic E-state index is -4.16. The van der Waals surface area contributed by atoms with Gasteiger partial charge >= 0.3 is 0 Å². The lowest BCUT2D eigenvalue weighted by Crippen LogP contribution is -2.55. The highest BCUT2D eigenvalue weighted by Crippen LogP contribution is 2.29. The second kappa shape index (κ2) is 15.6. The van der Waals surface area contributed by atoms with E-state index in [9.17, 15) is 18.0 Å². The molecule has 0 radical (unpaired) electrons. The molecule has 1 saturated carbocycles. The molecule has 48 heavy (non-hydrogen) atoms. The van der Waals surface area contributed by atoms with Crippen LogP contribution in [-0.2, 0) is 32.6 Å². The van der Waals surface area contributed by atoms with Gasteiger partial charge in [0.25, 0.3) is 10.0 Å². The zero-order valence-electron chi connectivity index (χ0n) is 28.5. The number of aryl methyl sites for hydroxylation is 4. The van der Waals surface area contributed by atoms with E-state index in [2.05, 4.69) is 5.32 Å². The van der Waals surface area contributed by atoms with E-state index in [4.69, 9.17) is 0 Å². The molecule has 5 rings (SSSR count). The molecule has 2 amide bonds. The molecule has 0 aromatic heterocycles. The summed E-state index contributed by atoms with van der Waals surface area (Å²) in [5, 5.41) is 3.27. The Morgan fingerprint density at radius 2 is 1.40 bits per heavy atom. The summed E-state index contributed by atoms with van der Waals surface area (Å²) in [6.07, 6.45) is 5.38. The normalized spacial score (nSPS) is 14.2. The molecule has 0 spiro atoms. The Hall–Kier alpha value is -4.43. The van der Waals surface area contributed by atoms with Gasteiger partial charge in [-0.1, -0.05) is 109 Å². The van der Waals surface area contributed by atoms with Gasteiger partial charge in [-0.25, -0.2) is 8.42 Å². The van der Waals surface area contributed by atoms with Gasteiger partial charge in [-0.2, -0.15) is 0 Å². The highest BCUT2D eigenvalue weighted by molar-refractivity contribution is 7.92. The number of carbonyl (C=O) groups is 2. The number of rotatable bonds is 12. The maximum atomic E-state index is 14.8. The lowest BCUT2D eigenvalue weighted by molar-refractivity contribution is -0.140. The topological polar surface area (TPSA) is 86.8 Å². The smallest absolute Gasteiger partial charge is 0.264 e. The van der Waals surface area contributed by atoms with Crippen molar-refractivity contribution in [1.82, 2.24) is 10.2 Å². The summed E-state index contributed by atoms with van der Waals surface area (Å²) < 4.78 is 30.0. The number of sulfonamides is 1. The first-order valence-corrected chi connectivity index (χ1v) is 18.3. The number of nitrogens with zero attached hydrogens (tertiary/aromatic N) is 2. The molecular weight excluding hydrogens is 619 g/mol. The van der Waals surface area contributed by atoms with Crippen LogP contribution in [0.2, 0.25) is 0 Å². The van der Waals surface area contributed by atoms with Crippen molar-refractivity contribution < 1.29 is 18.0 Å². The van der Waals surface area contributed by atoms with E-state index in [1.165, 1.54) is 4.31 Å². The second-order valence-electron chi connectivity index (χ2n) is 13.2. The van der Waals surface area contributed by atoms with E-state index in [0.717, 1.165) is 65.5 Å². The van der Waals surface area contributed by atoms with Gasteiger partial charge in [-0.15, -0.1) is 0 Å². The summed E-state index contributed by atoms with van der Waals surface area (Å²) in [4.78, 5) is 30.8. The zero-order chi connectivity index (χ0) is 34.3. The first-order chi connectivity index (χ1) is 23.0. The molecule has 0 bridgehead atoms. The van der Waals surface area contributed by atoms with Crippen LogP contribution in [0.3, 0.4) is 0 Å². The summed E-state index contributed by atoms with van der Waals surface area (Å²) in [5.74, 6) is -0.667. The number of benzene rings is 4. The monoisotopic (exact) mass is 665 g/mol. The summed E-state index contributed by atoms with van der Waals surface area (Å²) in [6, 6.07) is 29.0. The Labute approximate surface area is 286 Å². The standard InChI is InChI=1S/C40H47N3O4S/c1-29-19-22-36(23-20-29)48(46,47)43(37-25-31(3)18-21-32(37)4)28-39(44)42(27-34-15-11-12-30(2)24-34)38(26-33-13-7-5-8-14-33)40(45)41-35-16-9-6-10-17-35/h5,7-8,11-15,18-25,35,38H,6,9-10,16-17,26-28H2,1-4H3,(H,41,45)/t38-/m1/s1. The van der Waals surface area contributed by atoms with E-state index in [1.54, 1.807) is 35.2 Å². The number of amides is 2. The summed E-state index contributed by atoms with van der Waals surface area (Å²) in [5.41, 5.74) is 5.78. The Kier molecular flexibility index (Phi) is 11.4. The van der Waals surface area contributed by atoms with Crippen molar-refractivity contribution in [3.63, 3.8) is 0 Å². The first-order valence-electron chi connectivity index (χ1n) is 16.9. The fourth-order valence-corrected chi connectivity index (χ4v) is 7.91. The maximum absolute atomic E-state index is 14.8. The van der Waals surface area contributed by atoms with Crippen LogP contribution >= 0.6 is 0 Å². The van der Waals surface area contributed by atoms with E-state index in [-0.39, 0.29) is 23.4 Å². The highest BCUT2D eigenvalue weighted by Gasteiger charge is 2.36. The average molecular weight is 666 g/mol. The van der Waals surface area contributed by atoms with Crippen molar-refractivity contribution in [2.75, 3.05) is 10.8 Å². The van der Waals surface area contributed by atoms with Gasteiger partial charge < -0.3 is 10.2 Å². The van der Waals surface area contributed by atoms with E-state index >= 15 is 0 Å². The predicted molar refractivity (Wildman–Crippen MR) is 192 cm³/mol. The summed E-state index contributed by atoms with van der Waals surface area (Å²) >= 11 is 0. The van der Waals surface area contributed by atoms with Crippen molar-refractivity contribution in [3.05, 3.63) is 130 Å². The van der Waals surface area contributed by atoms with Crippen molar-refractivity contribution in [1.29, 1.82) is 0 Å². The molecule has 0 aliphatic heterocycles. The lowest BCUT2D eigenvalue weighted by Gasteiger charge is -2.35. The van der Waals surface area contributed by atoms with Gasteiger partial charge in [0.2, 0.25) is 11.8 Å². The summed E-state index contributed by atoms with van der Waals surface area (Å²) in [7, 11) is -4.16. The largest absolute Gasteiger partial charge is 0.352 e. The Balaban J connectivity index is 1.59. The summed E-state index contributed by atoms with van der Waals surface area (Å²) in [6.45, 7) is 7.32. The third-order valence-electron chi connectivity index (χ3n) is 9.18. The van der Waals surface area contributed by atoms with E-state index in [0.29, 0.717) is 12.1 Å². The SMILES string of the molecule is Cc1ccc(S(=O)(=O)N(CC(=O)N(Cc2cccc(C)c2)[C@H](Cc2ccccc2)C(=O)NC2CCCCC2)c2cc(C)ccc2C)cc1. The van der Waals surface area contributed by atoms with Crippen LogP contribution in [0, 0.1) is 27.7 Å². The fraction of sp³-hybridized carbons (Fsp3) is 0.350. The number of hydrogen-bond donors (Lipinski definition) is 1. The Bertz CT molecular complexity index is 1820. The third-order valence-corrected chi connectivity index (χ3v) is 11.0. The molecule has 0 unspecified atom stereocenters. The number of anilines is 1. The average Bonchev–Trinajstić information content (AvgIpc) is 3.07. The fourth-order valence-electron chi connectivity index (χ4n) is 6.44. The van der Waals surface area contributed by atoms with Gasteiger partial charge in [-0.05, 0) is 81.0 Å². The van der Waals surface area contributed by atoms with Gasteiger partial charge in [0.05, 0.1) is 10.6 Å². The van der Waals surface area contributed by atoms with Gasteiger partial charge in [0, 0.05) is 19.0 Å². The van der Waals surface area contributed by atoms with Crippen LogP contribution in [0.4, 0.5) is 5.69 Å². The van der Waals surface area contributed by atoms with Crippen molar-refractivity contribution in [2.45, 2.75) is 89.7 Å². The highest BCUT2D eigenvalue weighted by atomic mass is 32.2. The lowest BCUT2D eigenvalue weighted by atomic mass is 9.94. The Morgan fingerprint density at radius 3 is 2.08 bits per heavy atom. The molecule has 1 aliphatic carbocycles. The minimum absolute atomic E-state index is 0.0498. The molecule has 1 fully saturated rings. The molecule has 4 aromatic rings. The van der Waals surface area contributed by atoms with Crippen LogP contribution in [0.1, 0.15) is 65.5 Å². The molecular formula is C40H47N3O4S. The molecule has 1 atom stereocenters. The molecule has 0 saturated heterocycles. The Morgan fingerprint density at radius 1 is 0.750 bits per heavy atom. The molecule has 1 aliphatic rings. The minimum Gasteiger partial charge on any atom is -0.352 e. The molecule has 7 nitrogen and oxygen atoms in total. The molecule has 252 valence electrons.